The van der Waals surface area contributed by atoms with Crippen molar-refractivity contribution in [1.82, 2.24) is 0 Å². The van der Waals surface area contributed by atoms with E-state index in [0.717, 1.165) is 12.8 Å². The summed E-state index contributed by atoms with van der Waals surface area (Å²) < 4.78 is 10.6. The van der Waals surface area contributed by atoms with Crippen LogP contribution >= 0.6 is 0 Å². The summed E-state index contributed by atoms with van der Waals surface area (Å²) in [5.74, 6) is -2.14. The number of rotatable bonds is 6. The van der Waals surface area contributed by atoms with Crippen LogP contribution < -0.4 is 0 Å². The van der Waals surface area contributed by atoms with Gasteiger partial charge in [0.05, 0.1) is 18.9 Å². The molecule has 1 atom stereocenters. The van der Waals surface area contributed by atoms with Crippen LogP contribution in [-0.2, 0) is 19.1 Å². The summed E-state index contributed by atoms with van der Waals surface area (Å²) >= 11 is 0. The van der Waals surface area contributed by atoms with Crippen molar-refractivity contribution in [2.24, 2.45) is 0 Å². The van der Waals surface area contributed by atoms with Crippen molar-refractivity contribution in [2.45, 2.75) is 44.5 Å². The van der Waals surface area contributed by atoms with Gasteiger partial charge in [0.1, 0.15) is 0 Å². The highest BCUT2D eigenvalue weighted by atomic mass is 16.7. The summed E-state index contributed by atoms with van der Waals surface area (Å²) in [7, 11) is 0. The zero-order chi connectivity index (χ0) is 12.0. The Kier molecular flexibility index (Phi) is 5.21. The molecule has 1 saturated heterocycles. The van der Waals surface area contributed by atoms with Gasteiger partial charge < -0.3 is 19.7 Å². The van der Waals surface area contributed by atoms with Crippen molar-refractivity contribution in [3.05, 3.63) is 0 Å². The maximum absolute atomic E-state index is 10.5. The lowest BCUT2D eigenvalue weighted by Crippen LogP contribution is -2.30. The molecule has 0 aromatic rings. The Morgan fingerprint density at radius 2 is 1.88 bits per heavy atom. The van der Waals surface area contributed by atoms with Crippen molar-refractivity contribution in [1.29, 1.82) is 0 Å². The number of carbonyl (C=O) groups is 2. The Bertz CT molecular complexity index is 230. The number of ether oxygens (including phenoxy) is 2. The third-order valence-corrected chi connectivity index (χ3v) is 2.29. The molecular weight excluding hydrogens is 216 g/mol. The number of carboxylic acids is 2. The van der Waals surface area contributed by atoms with Crippen LogP contribution in [0.3, 0.4) is 0 Å². The second kappa shape index (κ2) is 6.44. The molecule has 0 bridgehead atoms. The molecule has 1 fully saturated rings. The fourth-order valence-corrected chi connectivity index (χ4v) is 1.59. The molecule has 92 valence electrons. The minimum absolute atomic E-state index is 0.313. The normalized spacial score (nSPS) is 20.9. The van der Waals surface area contributed by atoms with E-state index < -0.39 is 24.3 Å². The highest BCUT2D eigenvalue weighted by molar-refractivity contribution is 5.71. The van der Waals surface area contributed by atoms with E-state index in [9.17, 15) is 9.59 Å². The van der Waals surface area contributed by atoms with E-state index in [4.69, 9.17) is 19.7 Å². The van der Waals surface area contributed by atoms with Crippen LogP contribution in [0.4, 0.5) is 0 Å². The first kappa shape index (κ1) is 12.9. The van der Waals surface area contributed by atoms with Crippen LogP contribution in [-0.4, -0.2) is 41.2 Å². The van der Waals surface area contributed by atoms with E-state index in [1.165, 1.54) is 0 Å². The maximum atomic E-state index is 10.5. The molecule has 0 saturated carbocycles. The lowest BCUT2D eigenvalue weighted by Gasteiger charge is -2.26. The first-order chi connectivity index (χ1) is 7.58. The molecule has 6 heteroatoms. The molecule has 1 rings (SSSR count). The minimum atomic E-state index is -1.07. The Morgan fingerprint density at radius 1 is 1.25 bits per heavy atom. The summed E-state index contributed by atoms with van der Waals surface area (Å²) in [6, 6.07) is 0. The van der Waals surface area contributed by atoms with E-state index in [2.05, 4.69) is 0 Å². The Morgan fingerprint density at radius 3 is 2.31 bits per heavy atom. The smallest absolute Gasteiger partial charge is 0.306 e. The molecule has 1 unspecified atom stereocenters. The highest BCUT2D eigenvalue weighted by Crippen LogP contribution is 2.18. The van der Waals surface area contributed by atoms with Crippen LogP contribution in [0.5, 0.6) is 0 Å². The zero-order valence-corrected chi connectivity index (χ0v) is 8.92. The van der Waals surface area contributed by atoms with Crippen molar-refractivity contribution in [2.75, 3.05) is 6.61 Å². The molecule has 0 spiro atoms. The highest BCUT2D eigenvalue weighted by Gasteiger charge is 2.23. The lowest BCUT2D eigenvalue weighted by molar-refractivity contribution is -0.195. The largest absolute Gasteiger partial charge is 0.481 e. The van der Waals surface area contributed by atoms with Gasteiger partial charge in [-0.3, -0.25) is 9.59 Å². The van der Waals surface area contributed by atoms with Crippen molar-refractivity contribution < 1.29 is 29.3 Å². The van der Waals surface area contributed by atoms with Crippen LogP contribution in [0.1, 0.15) is 32.1 Å². The van der Waals surface area contributed by atoms with Gasteiger partial charge in [-0.15, -0.1) is 0 Å². The number of aliphatic carboxylic acids is 2. The lowest BCUT2D eigenvalue weighted by atomic mass is 10.1. The SMILES string of the molecule is O=C(O)CC(CC(=O)O)OC1CCCCO1. The van der Waals surface area contributed by atoms with E-state index >= 15 is 0 Å². The molecule has 1 heterocycles. The molecule has 1 aliphatic heterocycles. The van der Waals surface area contributed by atoms with Crippen LogP contribution in [0.15, 0.2) is 0 Å². The fourth-order valence-electron chi connectivity index (χ4n) is 1.59. The number of carboxylic acid groups (broad SMARTS) is 2. The summed E-state index contributed by atoms with van der Waals surface area (Å²) in [5, 5.41) is 17.2. The van der Waals surface area contributed by atoms with Crippen LogP contribution in [0.2, 0.25) is 0 Å². The molecule has 0 aromatic heterocycles. The summed E-state index contributed by atoms with van der Waals surface area (Å²) in [5.41, 5.74) is 0. The van der Waals surface area contributed by atoms with Gasteiger partial charge in [-0.25, -0.2) is 0 Å². The summed E-state index contributed by atoms with van der Waals surface area (Å²) in [6.45, 7) is 0.581. The number of hydrogen-bond donors (Lipinski definition) is 2. The van der Waals surface area contributed by atoms with E-state index in [-0.39, 0.29) is 12.8 Å². The third kappa shape index (κ3) is 5.09. The topological polar surface area (TPSA) is 93.1 Å². The molecule has 0 radical (unpaired) electrons. The molecule has 0 aliphatic carbocycles. The van der Waals surface area contributed by atoms with Gasteiger partial charge in [-0.1, -0.05) is 0 Å². The Labute approximate surface area is 93.2 Å². The molecule has 16 heavy (non-hydrogen) atoms. The molecule has 1 aliphatic rings. The maximum Gasteiger partial charge on any atom is 0.306 e. The average molecular weight is 232 g/mol. The first-order valence-electron chi connectivity index (χ1n) is 5.28. The molecule has 2 N–H and O–H groups in total. The van der Waals surface area contributed by atoms with Gasteiger partial charge in [-0.2, -0.15) is 0 Å². The number of hydrogen-bond acceptors (Lipinski definition) is 4. The van der Waals surface area contributed by atoms with Crippen molar-refractivity contribution in [3.63, 3.8) is 0 Å². The Hall–Kier alpha value is -1.14. The second-order valence-electron chi connectivity index (χ2n) is 3.75. The first-order valence-corrected chi connectivity index (χ1v) is 5.28. The van der Waals surface area contributed by atoms with E-state index in [1.807, 2.05) is 0 Å². The quantitative estimate of drug-likeness (QED) is 0.705. The third-order valence-electron chi connectivity index (χ3n) is 2.29. The van der Waals surface area contributed by atoms with Crippen LogP contribution in [0, 0.1) is 0 Å². The predicted octanol–water partition coefficient (Wildman–Crippen LogP) is 0.848. The van der Waals surface area contributed by atoms with Gasteiger partial charge in [0, 0.05) is 6.61 Å². The zero-order valence-electron chi connectivity index (χ0n) is 8.92. The van der Waals surface area contributed by atoms with Crippen molar-refractivity contribution >= 4 is 11.9 Å². The monoisotopic (exact) mass is 232 g/mol. The van der Waals surface area contributed by atoms with Crippen LogP contribution in [0.25, 0.3) is 0 Å². The molecule has 0 aromatic carbocycles. The van der Waals surface area contributed by atoms with Gasteiger partial charge >= 0.3 is 11.9 Å². The van der Waals surface area contributed by atoms with E-state index in [1.54, 1.807) is 0 Å². The summed E-state index contributed by atoms with van der Waals surface area (Å²) in [6.07, 6.45) is 0.698. The minimum Gasteiger partial charge on any atom is -0.481 e. The Balaban J connectivity index is 2.40. The average Bonchev–Trinajstić information content (AvgIpc) is 2.16. The fraction of sp³-hybridized carbons (Fsp3) is 0.800. The predicted molar refractivity (Wildman–Crippen MR) is 53.0 cm³/mol. The van der Waals surface area contributed by atoms with Gasteiger partial charge in [0.25, 0.3) is 0 Å². The molecule has 0 amide bonds. The summed E-state index contributed by atoms with van der Waals surface area (Å²) in [4.78, 5) is 21.0. The van der Waals surface area contributed by atoms with Crippen molar-refractivity contribution in [3.8, 4) is 0 Å². The van der Waals surface area contributed by atoms with Gasteiger partial charge in [-0.05, 0) is 19.3 Å². The molecule has 6 nitrogen and oxygen atoms in total. The van der Waals surface area contributed by atoms with Gasteiger partial charge in [0.15, 0.2) is 6.29 Å². The second-order valence-corrected chi connectivity index (χ2v) is 3.75. The standard InChI is InChI=1S/C10H16O6/c11-8(12)5-7(6-9(13)14)16-10-3-1-2-4-15-10/h7,10H,1-6H2,(H,11,12)(H,13,14). The van der Waals surface area contributed by atoms with Gasteiger partial charge in [0.2, 0.25) is 0 Å². The van der Waals surface area contributed by atoms with E-state index in [0.29, 0.717) is 13.0 Å². The molecular formula is C10H16O6.